The largest absolute Gasteiger partial charge is 0.540 e. The summed E-state index contributed by atoms with van der Waals surface area (Å²) in [7, 11) is 6.27. The lowest BCUT2D eigenvalue weighted by molar-refractivity contribution is 0.233. The van der Waals surface area contributed by atoms with E-state index in [1.54, 1.807) is 30.6 Å². The van der Waals surface area contributed by atoms with E-state index in [9.17, 15) is 0 Å². The summed E-state index contributed by atoms with van der Waals surface area (Å²) < 4.78 is 24.5. The predicted molar refractivity (Wildman–Crippen MR) is 192 cm³/mol. The monoisotopic (exact) mass is 655 g/mol. The lowest BCUT2D eigenvalue weighted by atomic mass is 10.1. The van der Waals surface area contributed by atoms with Crippen LogP contribution in [0.15, 0.2) is 113 Å². The van der Waals surface area contributed by atoms with Gasteiger partial charge in [0.15, 0.2) is 12.0 Å². The number of nitrogens with zero attached hydrogens (tertiary/aromatic N) is 4. The van der Waals surface area contributed by atoms with Crippen LogP contribution in [0.5, 0.6) is 23.0 Å². The second kappa shape index (κ2) is 17.8. The van der Waals surface area contributed by atoms with Gasteiger partial charge in [-0.1, -0.05) is 29.0 Å². The first kappa shape index (κ1) is 34.3. The molecule has 46 heavy (non-hydrogen) atoms. The zero-order valence-corrected chi connectivity index (χ0v) is 28.5. The van der Waals surface area contributed by atoms with Gasteiger partial charge in [0, 0.05) is 12.8 Å². The average molecular weight is 656 g/mol. The van der Waals surface area contributed by atoms with E-state index in [2.05, 4.69) is 41.2 Å². The molecule has 0 aromatic heterocycles. The van der Waals surface area contributed by atoms with Crippen LogP contribution in [-0.4, -0.2) is 63.1 Å². The van der Waals surface area contributed by atoms with Gasteiger partial charge in [-0.15, -0.1) is 5.10 Å². The molecule has 0 saturated carbocycles. The molecule has 10 heteroatoms. The fourth-order valence-corrected chi connectivity index (χ4v) is 4.94. The predicted octanol–water partition coefficient (Wildman–Crippen LogP) is 7.81. The molecular weight excluding hydrogens is 615 g/mol. The number of ether oxygens (including phenoxy) is 3. The molecule has 0 bridgehead atoms. The number of likely N-dealkylation sites (N-methyl/N-ethyl adjacent to an activating group) is 1. The normalized spacial score (nSPS) is 12.5. The molecule has 0 saturated heterocycles. The molecule has 238 valence electrons. The highest BCUT2D eigenvalue weighted by Crippen LogP contribution is 2.30. The van der Waals surface area contributed by atoms with Crippen molar-refractivity contribution in [3.63, 3.8) is 0 Å². The smallest absolute Gasteiger partial charge is 0.497 e. The Labute approximate surface area is 278 Å². The third-order valence-electron chi connectivity index (χ3n) is 6.65. The quantitative estimate of drug-likeness (QED) is 0.0528. The van der Waals surface area contributed by atoms with Crippen molar-refractivity contribution in [1.29, 1.82) is 0 Å². The van der Waals surface area contributed by atoms with Gasteiger partial charge in [-0.05, 0) is 129 Å². The standard InChI is InChI=1S/C36H40N4O4PS/c1-28(37-26-31-10-14-33(41-5)15-11-31)43-35-18-6-30(7-19-35)23-25-42-34-16-12-32(13-17-34)27-38-40(4)45(46)44-36-20-8-29(9-21-36)22-24-39(2)3/h6-21,23,25-28H,22,24H2,1-5H3/q+1/b25-23?,37-26+,38-27+. The van der Waals surface area contributed by atoms with Crippen molar-refractivity contribution in [2.24, 2.45) is 10.1 Å². The number of hydrogen-bond donors (Lipinski definition) is 0. The third-order valence-corrected chi connectivity index (χ3v) is 8.52. The summed E-state index contributed by atoms with van der Waals surface area (Å²) in [6.07, 6.45) is 7.76. The minimum absolute atomic E-state index is 0.325. The number of rotatable bonds is 16. The van der Waals surface area contributed by atoms with Crippen molar-refractivity contribution in [1.82, 2.24) is 9.68 Å². The Balaban J connectivity index is 1.19. The molecule has 0 aliphatic rings. The summed E-state index contributed by atoms with van der Waals surface area (Å²) >= 11 is 5.55. The van der Waals surface area contributed by atoms with Gasteiger partial charge in [0.1, 0.15) is 17.2 Å². The maximum atomic E-state index is 5.94. The molecule has 2 unspecified atom stereocenters. The second-order valence-corrected chi connectivity index (χ2v) is 12.8. The highest BCUT2D eigenvalue weighted by atomic mass is 32.4. The van der Waals surface area contributed by atoms with Crippen molar-refractivity contribution >= 4 is 37.4 Å². The van der Waals surface area contributed by atoms with Crippen LogP contribution in [0, 0.1) is 0 Å². The summed E-state index contributed by atoms with van der Waals surface area (Å²) in [5, 5.41) is 4.47. The molecule has 2 atom stereocenters. The van der Waals surface area contributed by atoms with E-state index in [1.807, 2.05) is 105 Å². The minimum atomic E-state index is -1.34. The number of hydrazone groups is 1. The first-order chi connectivity index (χ1) is 22.3. The first-order valence-corrected chi connectivity index (χ1v) is 17.0. The van der Waals surface area contributed by atoms with Crippen LogP contribution in [0.4, 0.5) is 0 Å². The van der Waals surface area contributed by atoms with Crippen molar-refractivity contribution in [2.45, 2.75) is 19.6 Å². The SMILES string of the molecule is COc1ccc(/C=N/C(C)Oc2ccc(C=COc3ccc(/C=N/N(C)[P+](=S)Oc4ccc(CCN(C)C)cc4)cc3)cc2)cc1. The molecule has 4 aromatic rings. The number of benzene rings is 4. The third kappa shape index (κ3) is 11.7. The van der Waals surface area contributed by atoms with Crippen LogP contribution >= 0.6 is 7.07 Å². The molecule has 0 amide bonds. The molecule has 0 N–H and O–H groups in total. The van der Waals surface area contributed by atoms with Crippen LogP contribution in [0.3, 0.4) is 0 Å². The topological polar surface area (TPSA) is 68.1 Å². The lowest BCUT2D eigenvalue weighted by Crippen LogP contribution is -2.14. The van der Waals surface area contributed by atoms with Gasteiger partial charge in [-0.25, -0.2) is 0 Å². The number of methoxy groups -OCH3 is 1. The van der Waals surface area contributed by atoms with Crippen LogP contribution < -0.4 is 18.7 Å². The zero-order valence-electron chi connectivity index (χ0n) is 26.8. The molecular formula is C36H40N4O4PS+. The van der Waals surface area contributed by atoms with Crippen molar-refractivity contribution in [3.8, 4) is 23.0 Å². The van der Waals surface area contributed by atoms with Crippen LogP contribution in [0.25, 0.3) is 6.08 Å². The molecule has 0 radical (unpaired) electrons. The van der Waals surface area contributed by atoms with Gasteiger partial charge in [0.2, 0.25) is 11.8 Å². The van der Waals surface area contributed by atoms with Gasteiger partial charge in [-0.3, -0.25) is 9.52 Å². The summed E-state index contributed by atoms with van der Waals surface area (Å²) in [5.74, 6) is 3.01. The number of aliphatic imine (C=N–C) groups is 1. The average Bonchev–Trinajstić information content (AvgIpc) is 3.07. The van der Waals surface area contributed by atoms with E-state index < -0.39 is 7.07 Å². The van der Waals surface area contributed by atoms with Crippen molar-refractivity contribution in [3.05, 3.63) is 126 Å². The molecule has 0 spiro atoms. The van der Waals surface area contributed by atoms with Crippen molar-refractivity contribution < 1.29 is 18.7 Å². The molecule has 0 aliphatic carbocycles. The van der Waals surface area contributed by atoms with E-state index in [1.165, 1.54) is 5.56 Å². The molecule has 0 aliphatic heterocycles. The molecule has 8 nitrogen and oxygen atoms in total. The van der Waals surface area contributed by atoms with Gasteiger partial charge in [0.05, 0.1) is 26.6 Å². The van der Waals surface area contributed by atoms with Gasteiger partial charge in [0.25, 0.3) is 0 Å². The maximum Gasteiger partial charge on any atom is 0.540 e. The lowest BCUT2D eigenvalue weighted by Gasteiger charge is -2.10. The molecule has 0 heterocycles. The van der Waals surface area contributed by atoms with Crippen LogP contribution in [0.2, 0.25) is 0 Å². The van der Waals surface area contributed by atoms with E-state index in [4.69, 9.17) is 30.5 Å². The highest BCUT2D eigenvalue weighted by molar-refractivity contribution is 8.02. The molecule has 0 fully saturated rings. The Morgan fingerprint density at radius 3 is 1.93 bits per heavy atom. The van der Waals surface area contributed by atoms with Crippen LogP contribution in [-0.2, 0) is 18.2 Å². The Hall–Kier alpha value is -4.56. The Morgan fingerprint density at radius 2 is 1.30 bits per heavy atom. The molecule has 4 aromatic carbocycles. The second-order valence-electron chi connectivity index (χ2n) is 10.6. The van der Waals surface area contributed by atoms with Gasteiger partial charge >= 0.3 is 7.07 Å². The number of hydrogen-bond acceptors (Lipinski definition) is 8. The van der Waals surface area contributed by atoms with E-state index in [0.717, 1.165) is 46.9 Å². The van der Waals surface area contributed by atoms with E-state index in [0.29, 0.717) is 5.75 Å². The van der Waals surface area contributed by atoms with Gasteiger partial charge in [-0.2, -0.15) is 0 Å². The summed E-state index contributed by atoms with van der Waals surface area (Å²) in [6.45, 7) is 2.90. The fraction of sp³-hybridized carbons (Fsp3) is 0.222. The maximum absolute atomic E-state index is 5.94. The van der Waals surface area contributed by atoms with Gasteiger partial charge < -0.3 is 19.1 Å². The zero-order chi connectivity index (χ0) is 32.7. The summed E-state index contributed by atoms with van der Waals surface area (Å²) in [5.41, 5.74) is 4.15. The van der Waals surface area contributed by atoms with E-state index in [-0.39, 0.29) is 6.23 Å². The Bertz CT molecular complexity index is 1610. The summed E-state index contributed by atoms with van der Waals surface area (Å²) in [4.78, 5) is 6.63. The van der Waals surface area contributed by atoms with E-state index >= 15 is 0 Å². The van der Waals surface area contributed by atoms with Crippen molar-refractivity contribution in [2.75, 3.05) is 34.8 Å². The Kier molecular flexibility index (Phi) is 13.3. The van der Waals surface area contributed by atoms with Crippen LogP contribution in [0.1, 0.15) is 29.2 Å². The fourth-order valence-electron chi connectivity index (χ4n) is 4.00. The molecule has 4 rings (SSSR count). The Morgan fingerprint density at radius 1 is 0.739 bits per heavy atom. The summed E-state index contributed by atoms with van der Waals surface area (Å²) in [6, 6.07) is 31.2. The first-order valence-electron chi connectivity index (χ1n) is 14.8. The minimum Gasteiger partial charge on any atom is -0.497 e. The highest BCUT2D eigenvalue weighted by Gasteiger charge is 2.20.